The van der Waals surface area contributed by atoms with E-state index in [1.54, 1.807) is 24.3 Å². The van der Waals surface area contributed by atoms with Crippen LogP contribution in [0.4, 0.5) is 10.1 Å². The van der Waals surface area contributed by atoms with Crippen molar-refractivity contribution < 1.29 is 17.6 Å². The number of hydrazone groups is 1. The number of aromatic nitrogens is 1. The van der Waals surface area contributed by atoms with E-state index in [2.05, 4.69) is 10.5 Å². The van der Waals surface area contributed by atoms with Crippen molar-refractivity contribution in [1.82, 2.24) is 9.99 Å². The molecule has 1 aromatic heterocycles. The highest BCUT2D eigenvalue weighted by Gasteiger charge is 2.28. The average Bonchev–Trinajstić information content (AvgIpc) is 3.15. The third-order valence-corrected chi connectivity index (χ3v) is 8.20. The molecule has 11 heteroatoms. The number of nitrogens with zero attached hydrogens (tertiary/aromatic N) is 3. The maximum absolute atomic E-state index is 13.5. The third-order valence-electron chi connectivity index (χ3n) is 5.98. The molecule has 0 spiro atoms. The molecule has 0 saturated heterocycles. The predicted molar refractivity (Wildman–Crippen MR) is 153 cm³/mol. The Morgan fingerprint density at radius 3 is 2.21 bits per heavy atom. The molecule has 0 bridgehead atoms. The molecule has 0 atom stereocenters. The first-order chi connectivity index (χ1) is 18.5. The number of aryl methyl sites for hydroxylation is 2. The molecule has 0 aliphatic heterocycles. The summed E-state index contributed by atoms with van der Waals surface area (Å²) in [6, 6.07) is 18.6. The van der Waals surface area contributed by atoms with E-state index in [1.165, 1.54) is 48.7 Å². The SMILES string of the molecule is Cc1ccc(S(=O)(=O)N(CC(=O)N/N=C\c2cc(C)n(-c3ccc(F)cc3)c2C)c2cc(Cl)cc(Cl)c2)cc1. The van der Waals surface area contributed by atoms with Crippen molar-refractivity contribution in [3.63, 3.8) is 0 Å². The van der Waals surface area contributed by atoms with Gasteiger partial charge in [-0.1, -0.05) is 40.9 Å². The first-order valence-electron chi connectivity index (χ1n) is 11.8. The highest BCUT2D eigenvalue weighted by atomic mass is 35.5. The Bertz CT molecular complexity index is 1630. The number of nitrogens with one attached hydrogen (secondary N) is 1. The van der Waals surface area contributed by atoms with Crippen LogP contribution in [0.25, 0.3) is 5.69 Å². The highest BCUT2D eigenvalue weighted by Crippen LogP contribution is 2.30. The lowest BCUT2D eigenvalue weighted by molar-refractivity contribution is -0.119. The number of benzene rings is 3. The van der Waals surface area contributed by atoms with Crippen LogP contribution in [-0.4, -0.2) is 31.7 Å². The molecule has 1 heterocycles. The van der Waals surface area contributed by atoms with Gasteiger partial charge in [-0.2, -0.15) is 5.10 Å². The zero-order valence-corrected chi connectivity index (χ0v) is 23.6. The van der Waals surface area contributed by atoms with Crippen LogP contribution in [0, 0.1) is 26.6 Å². The van der Waals surface area contributed by atoms with Gasteiger partial charge in [-0.15, -0.1) is 0 Å². The van der Waals surface area contributed by atoms with Crippen LogP contribution in [-0.2, 0) is 14.8 Å². The Kier molecular flexibility index (Phi) is 8.44. The molecule has 39 heavy (non-hydrogen) atoms. The van der Waals surface area contributed by atoms with E-state index in [-0.39, 0.29) is 26.4 Å². The minimum atomic E-state index is -4.15. The summed E-state index contributed by atoms with van der Waals surface area (Å²) in [5, 5.41) is 4.48. The molecule has 0 aliphatic carbocycles. The monoisotopic (exact) mass is 586 g/mol. The molecule has 0 fully saturated rings. The lowest BCUT2D eigenvalue weighted by atomic mass is 10.2. The Labute approximate surface area is 236 Å². The number of halogens is 3. The van der Waals surface area contributed by atoms with E-state index in [0.29, 0.717) is 0 Å². The summed E-state index contributed by atoms with van der Waals surface area (Å²) in [5.74, 6) is -1.01. The second-order valence-electron chi connectivity index (χ2n) is 8.88. The molecule has 1 amide bonds. The van der Waals surface area contributed by atoms with Gasteiger partial charge in [0.2, 0.25) is 0 Å². The molecule has 0 unspecified atom stereocenters. The minimum absolute atomic E-state index is 0.00809. The molecule has 4 aromatic rings. The number of carbonyl (C=O) groups is 1. The van der Waals surface area contributed by atoms with Gasteiger partial charge in [0.25, 0.3) is 15.9 Å². The van der Waals surface area contributed by atoms with Gasteiger partial charge in [0, 0.05) is 32.7 Å². The molecule has 3 aromatic carbocycles. The van der Waals surface area contributed by atoms with E-state index in [0.717, 1.165) is 32.5 Å². The zero-order chi connectivity index (χ0) is 28.3. The predicted octanol–water partition coefficient (Wildman–Crippen LogP) is 6.19. The largest absolute Gasteiger partial charge is 0.318 e. The fourth-order valence-electron chi connectivity index (χ4n) is 4.08. The molecule has 7 nitrogen and oxygen atoms in total. The van der Waals surface area contributed by atoms with Crippen LogP contribution in [0.1, 0.15) is 22.5 Å². The van der Waals surface area contributed by atoms with Crippen LogP contribution in [0.3, 0.4) is 0 Å². The standard InChI is InChI=1S/C28H25Cl2FN4O3S/c1-18-4-10-27(11-5-18)39(37,38)34(26-14-22(29)13-23(30)15-26)17-28(36)33-32-16-21-12-19(2)35(20(21)3)25-8-6-24(31)7-9-25/h4-16H,17H2,1-3H3,(H,33,36)/b32-16-. The Balaban J connectivity index is 1.57. The summed E-state index contributed by atoms with van der Waals surface area (Å²) >= 11 is 12.3. The molecule has 202 valence electrons. The number of anilines is 1. The number of hydrogen-bond acceptors (Lipinski definition) is 4. The number of hydrogen-bond donors (Lipinski definition) is 1. The Hall–Kier alpha value is -3.66. The van der Waals surface area contributed by atoms with Crippen molar-refractivity contribution in [2.45, 2.75) is 25.7 Å². The Morgan fingerprint density at radius 1 is 0.974 bits per heavy atom. The number of amides is 1. The molecule has 0 radical (unpaired) electrons. The van der Waals surface area contributed by atoms with Crippen molar-refractivity contribution >= 4 is 51.0 Å². The van der Waals surface area contributed by atoms with Crippen LogP contribution in [0.2, 0.25) is 10.0 Å². The zero-order valence-electron chi connectivity index (χ0n) is 21.3. The second-order valence-corrected chi connectivity index (χ2v) is 11.6. The normalized spacial score (nSPS) is 11.6. The van der Waals surface area contributed by atoms with Crippen molar-refractivity contribution in [2.24, 2.45) is 5.10 Å². The molecular formula is C28H25Cl2FN4O3S. The average molecular weight is 588 g/mol. The number of rotatable bonds is 8. The fourth-order valence-corrected chi connectivity index (χ4v) is 6.00. The van der Waals surface area contributed by atoms with Gasteiger partial charge < -0.3 is 4.57 Å². The summed E-state index contributed by atoms with van der Waals surface area (Å²) < 4.78 is 43.3. The fraction of sp³-hybridized carbons (Fsp3) is 0.143. The molecule has 1 N–H and O–H groups in total. The molecule has 0 saturated carbocycles. The van der Waals surface area contributed by atoms with Gasteiger partial charge in [-0.25, -0.2) is 18.2 Å². The van der Waals surface area contributed by atoms with E-state index in [4.69, 9.17) is 23.2 Å². The maximum Gasteiger partial charge on any atom is 0.264 e. The van der Waals surface area contributed by atoms with Gasteiger partial charge in [-0.3, -0.25) is 9.10 Å². The number of carbonyl (C=O) groups excluding carboxylic acids is 1. The first kappa shape index (κ1) is 28.4. The van der Waals surface area contributed by atoms with E-state index in [9.17, 15) is 17.6 Å². The van der Waals surface area contributed by atoms with E-state index >= 15 is 0 Å². The lowest BCUT2D eigenvalue weighted by Gasteiger charge is -2.24. The molecule has 0 aliphatic rings. The van der Waals surface area contributed by atoms with Crippen LogP contribution in [0.5, 0.6) is 0 Å². The van der Waals surface area contributed by atoms with Crippen molar-refractivity contribution in [2.75, 3.05) is 10.8 Å². The number of sulfonamides is 1. The molecular weight excluding hydrogens is 562 g/mol. The summed E-state index contributed by atoms with van der Waals surface area (Å²) in [4.78, 5) is 12.9. The highest BCUT2D eigenvalue weighted by molar-refractivity contribution is 7.92. The van der Waals surface area contributed by atoms with Crippen LogP contribution in [0.15, 0.2) is 82.8 Å². The topological polar surface area (TPSA) is 83.8 Å². The third kappa shape index (κ3) is 6.50. The second kappa shape index (κ2) is 11.6. The van der Waals surface area contributed by atoms with Gasteiger partial charge in [-0.05, 0) is 81.4 Å². The van der Waals surface area contributed by atoms with Crippen molar-refractivity contribution in [3.8, 4) is 5.69 Å². The van der Waals surface area contributed by atoms with Crippen molar-refractivity contribution in [1.29, 1.82) is 0 Å². The van der Waals surface area contributed by atoms with Gasteiger partial charge in [0.05, 0.1) is 16.8 Å². The summed E-state index contributed by atoms with van der Waals surface area (Å²) in [6.45, 7) is 5.04. The smallest absolute Gasteiger partial charge is 0.264 e. The van der Waals surface area contributed by atoms with E-state index < -0.39 is 22.5 Å². The van der Waals surface area contributed by atoms with Crippen molar-refractivity contribution in [3.05, 3.63) is 111 Å². The Morgan fingerprint density at radius 2 is 1.59 bits per heavy atom. The van der Waals surface area contributed by atoms with Gasteiger partial charge in [0.15, 0.2) is 0 Å². The molecule has 4 rings (SSSR count). The first-order valence-corrected chi connectivity index (χ1v) is 14.0. The van der Waals surface area contributed by atoms with Gasteiger partial charge >= 0.3 is 0 Å². The quantitative estimate of drug-likeness (QED) is 0.197. The van der Waals surface area contributed by atoms with Crippen LogP contribution >= 0.6 is 23.2 Å². The van der Waals surface area contributed by atoms with E-state index in [1.807, 2.05) is 31.4 Å². The summed E-state index contributed by atoms with van der Waals surface area (Å²) in [5.41, 5.74) is 6.64. The van der Waals surface area contributed by atoms with Crippen LogP contribution < -0.4 is 9.73 Å². The van der Waals surface area contributed by atoms with Gasteiger partial charge in [0.1, 0.15) is 12.4 Å². The lowest BCUT2D eigenvalue weighted by Crippen LogP contribution is -2.39. The summed E-state index contributed by atoms with van der Waals surface area (Å²) in [6.07, 6.45) is 1.47. The summed E-state index contributed by atoms with van der Waals surface area (Å²) in [7, 11) is -4.15. The maximum atomic E-state index is 13.5. The minimum Gasteiger partial charge on any atom is -0.318 e.